The van der Waals surface area contributed by atoms with Crippen LogP contribution >= 0.6 is 0 Å². The van der Waals surface area contributed by atoms with E-state index in [1.807, 2.05) is 72.8 Å². The molecule has 1 N–H and O–H groups in total. The van der Waals surface area contributed by atoms with E-state index in [0.29, 0.717) is 0 Å². The maximum Gasteiger partial charge on any atom is 0.474 e. The third-order valence-electron chi connectivity index (χ3n) is 6.09. The third-order valence-corrected chi connectivity index (χ3v) is 18.1. The quantitative estimate of drug-likeness (QED) is 0.388. The monoisotopic (exact) mass is 486 g/mol. The van der Waals surface area contributed by atoms with E-state index in [4.69, 9.17) is 8.23 Å². The zero-order valence-electron chi connectivity index (χ0n) is 19.3. The van der Waals surface area contributed by atoms with Crippen LogP contribution in [0.5, 0.6) is 0 Å². The van der Waals surface area contributed by atoms with Crippen LogP contribution in [-0.4, -0.2) is 30.2 Å². The lowest BCUT2D eigenvalue weighted by atomic mass is 10.4. The lowest BCUT2D eigenvalue weighted by Crippen LogP contribution is -2.69. The van der Waals surface area contributed by atoms with E-state index in [0.717, 1.165) is 20.7 Å². The molecule has 0 atom stereocenters. The van der Waals surface area contributed by atoms with Gasteiger partial charge in [-0.15, -0.1) is 0 Å². The molecule has 4 aromatic carbocycles. The predicted octanol–water partition coefficient (Wildman–Crippen LogP) is 3.36. The molecule has 0 aliphatic carbocycles. The van der Waals surface area contributed by atoms with Gasteiger partial charge in [-0.2, -0.15) is 0 Å². The molecule has 0 aromatic heterocycles. The second-order valence-corrected chi connectivity index (χ2v) is 18.5. The highest BCUT2D eigenvalue weighted by atomic mass is 28.5. The molecule has 168 valence electrons. The second-order valence-electron chi connectivity index (χ2n) is 8.63. The molecule has 0 radical (unpaired) electrons. The van der Waals surface area contributed by atoms with E-state index in [1.165, 1.54) is 0 Å². The first-order valence-electron chi connectivity index (χ1n) is 11.2. The van der Waals surface area contributed by atoms with Gasteiger partial charge in [-0.05, 0) is 33.8 Å². The standard InChI is InChI=1S/C27H30O3Si3/c1-31(24-16-8-4-9-17-24,25-18-10-5-11-19-25)29-33(3,28)30-32(2,26-20-12-6-13-21-26)27-22-14-7-15-23-27/h4-23,28H,1-3H3. The summed E-state index contributed by atoms with van der Waals surface area (Å²) in [6.07, 6.45) is 0. The highest BCUT2D eigenvalue weighted by Crippen LogP contribution is 2.20. The summed E-state index contributed by atoms with van der Waals surface area (Å²) >= 11 is 0. The van der Waals surface area contributed by atoms with Gasteiger partial charge < -0.3 is 13.0 Å². The molecule has 0 unspecified atom stereocenters. The van der Waals surface area contributed by atoms with Gasteiger partial charge in [-0.1, -0.05) is 121 Å². The van der Waals surface area contributed by atoms with Crippen molar-refractivity contribution in [2.45, 2.75) is 19.6 Å². The first kappa shape index (κ1) is 23.6. The average molecular weight is 487 g/mol. The molecule has 0 fully saturated rings. The Labute approximate surface area is 199 Å². The fourth-order valence-corrected chi connectivity index (χ4v) is 16.8. The molecular formula is C27H30O3Si3. The molecule has 0 bridgehead atoms. The molecule has 4 aromatic rings. The van der Waals surface area contributed by atoms with Crippen molar-refractivity contribution in [3.8, 4) is 0 Å². The van der Waals surface area contributed by atoms with Crippen LogP contribution < -0.4 is 20.7 Å². The molecule has 0 saturated heterocycles. The minimum absolute atomic E-state index is 1.11. The molecule has 3 nitrogen and oxygen atoms in total. The number of hydrogen-bond acceptors (Lipinski definition) is 3. The SMILES string of the molecule is C[Si](O)(O[Si](C)(c1ccccc1)c1ccccc1)O[Si](C)(c1ccccc1)c1ccccc1. The van der Waals surface area contributed by atoms with E-state index in [9.17, 15) is 4.80 Å². The zero-order valence-corrected chi connectivity index (χ0v) is 22.3. The van der Waals surface area contributed by atoms with Crippen molar-refractivity contribution >= 4 is 46.2 Å². The number of benzene rings is 4. The maximum absolute atomic E-state index is 11.8. The fraction of sp³-hybridized carbons (Fsp3) is 0.111. The van der Waals surface area contributed by atoms with Gasteiger partial charge in [0.2, 0.25) is 16.6 Å². The van der Waals surface area contributed by atoms with Crippen molar-refractivity contribution in [2.24, 2.45) is 0 Å². The minimum Gasteiger partial charge on any atom is -0.408 e. The van der Waals surface area contributed by atoms with Crippen LogP contribution in [0.15, 0.2) is 121 Å². The Morgan fingerprint density at radius 2 is 0.636 bits per heavy atom. The van der Waals surface area contributed by atoms with Gasteiger partial charge in [0, 0.05) is 6.55 Å². The first-order chi connectivity index (χ1) is 15.8. The topological polar surface area (TPSA) is 38.7 Å². The summed E-state index contributed by atoms with van der Waals surface area (Å²) in [6.45, 7) is 6.06. The van der Waals surface area contributed by atoms with E-state index < -0.39 is 25.4 Å². The molecule has 0 aliphatic rings. The van der Waals surface area contributed by atoms with E-state index in [2.05, 4.69) is 61.6 Å². The molecule has 4 rings (SSSR count). The van der Waals surface area contributed by atoms with E-state index >= 15 is 0 Å². The maximum atomic E-state index is 11.8. The Kier molecular flexibility index (Phi) is 6.94. The van der Waals surface area contributed by atoms with Crippen LogP contribution in [0.1, 0.15) is 0 Å². The largest absolute Gasteiger partial charge is 0.474 e. The third kappa shape index (κ3) is 5.16. The summed E-state index contributed by atoms with van der Waals surface area (Å²) in [7, 11) is -9.04. The summed E-state index contributed by atoms with van der Waals surface area (Å²) in [6, 6.07) is 40.9. The average Bonchev–Trinajstić information content (AvgIpc) is 2.85. The fourth-order valence-electron chi connectivity index (χ4n) is 4.37. The molecule has 0 spiro atoms. The molecule has 0 saturated carbocycles. The highest BCUT2D eigenvalue weighted by molar-refractivity contribution is 7.04. The van der Waals surface area contributed by atoms with Gasteiger partial charge in [0.15, 0.2) is 0 Å². The minimum atomic E-state index is -3.58. The van der Waals surface area contributed by atoms with Gasteiger partial charge in [0.1, 0.15) is 0 Å². The van der Waals surface area contributed by atoms with Crippen molar-refractivity contribution in [3.05, 3.63) is 121 Å². The normalized spacial score (nSPS) is 12.5. The summed E-state index contributed by atoms with van der Waals surface area (Å²) in [5.74, 6) is 0. The lowest BCUT2D eigenvalue weighted by Gasteiger charge is -2.40. The first-order valence-corrected chi connectivity index (χ1v) is 18.3. The molecule has 0 heterocycles. The Hall–Kier alpha value is -2.59. The highest BCUT2D eigenvalue weighted by Gasteiger charge is 2.49. The Bertz CT molecular complexity index is 982. The summed E-state index contributed by atoms with van der Waals surface area (Å²) in [4.78, 5) is 11.8. The summed E-state index contributed by atoms with van der Waals surface area (Å²) < 4.78 is 13.6. The van der Waals surface area contributed by atoms with Crippen LogP contribution in [-0.2, 0) is 8.23 Å². The van der Waals surface area contributed by atoms with Gasteiger partial charge in [-0.25, -0.2) is 0 Å². The Morgan fingerprint density at radius 1 is 0.424 bits per heavy atom. The van der Waals surface area contributed by atoms with Crippen molar-refractivity contribution in [3.63, 3.8) is 0 Å². The molecule has 33 heavy (non-hydrogen) atoms. The zero-order chi connectivity index (χ0) is 23.4. The van der Waals surface area contributed by atoms with Crippen LogP contribution in [0.2, 0.25) is 19.6 Å². The van der Waals surface area contributed by atoms with Gasteiger partial charge in [0.05, 0.1) is 0 Å². The molecule has 0 amide bonds. The van der Waals surface area contributed by atoms with Crippen LogP contribution in [0.4, 0.5) is 0 Å². The van der Waals surface area contributed by atoms with E-state index in [1.54, 1.807) is 6.55 Å². The predicted molar refractivity (Wildman–Crippen MR) is 144 cm³/mol. The summed E-state index contributed by atoms with van der Waals surface area (Å²) in [5, 5.41) is 4.43. The Balaban J connectivity index is 1.75. The molecule has 0 aliphatic heterocycles. The van der Waals surface area contributed by atoms with Crippen molar-refractivity contribution in [1.82, 2.24) is 0 Å². The second kappa shape index (κ2) is 9.72. The van der Waals surface area contributed by atoms with Gasteiger partial charge >= 0.3 is 8.80 Å². The summed E-state index contributed by atoms with van der Waals surface area (Å²) in [5.41, 5.74) is 0. The van der Waals surface area contributed by atoms with Crippen LogP contribution in [0.25, 0.3) is 0 Å². The number of hydrogen-bond donors (Lipinski definition) is 1. The lowest BCUT2D eigenvalue weighted by molar-refractivity contribution is 0.261. The van der Waals surface area contributed by atoms with Crippen LogP contribution in [0.3, 0.4) is 0 Å². The van der Waals surface area contributed by atoms with Gasteiger partial charge in [0.25, 0.3) is 0 Å². The van der Waals surface area contributed by atoms with Crippen LogP contribution in [0, 0.1) is 0 Å². The molecular weight excluding hydrogens is 457 g/mol. The van der Waals surface area contributed by atoms with E-state index in [-0.39, 0.29) is 0 Å². The van der Waals surface area contributed by atoms with Crippen molar-refractivity contribution < 1.29 is 13.0 Å². The smallest absolute Gasteiger partial charge is 0.408 e. The van der Waals surface area contributed by atoms with Crippen molar-refractivity contribution in [1.29, 1.82) is 0 Å². The van der Waals surface area contributed by atoms with Crippen molar-refractivity contribution in [2.75, 3.05) is 0 Å². The Morgan fingerprint density at radius 3 is 0.848 bits per heavy atom. The number of rotatable bonds is 8. The molecule has 6 heteroatoms. The van der Waals surface area contributed by atoms with Gasteiger partial charge in [-0.3, -0.25) is 0 Å².